The van der Waals surface area contributed by atoms with Gasteiger partial charge < -0.3 is 14.9 Å². The fraction of sp³-hybridized carbons (Fsp3) is 0.417. The number of amides is 1. The number of nitrogens with zero attached hydrogens (tertiary/aromatic N) is 2. The number of nitrogens with one attached hydrogen (secondary N) is 1. The number of aromatic nitrogens is 2. The van der Waals surface area contributed by atoms with E-state index in [2.05, 4.69) is 15.5 Å². The first-order valence-corrected chi connectivity index (χ1v) is 6.94. The van der Waals surface area contributed by atoms with E-state index in [1.54, 1.807) is 6.92 Å². The van der Waals surface area contributed by atoms with Crippen LogP contribution in [-0.4, -0.2) is 27.3 Å². The predicted molar refractivity (Wildman–Crippen MR) is 71.3 cm³/mol. The zero-order valence-corrected chi connectivity index (χ0v) is 12.4. The quantitative estimate of drug-likeness (QED) is 0.896. The molecule has 2 heterocycles. The fourth-order valence-corrected chi connectivity index (χ4v) is 2.60. The molecule has 0 saturated heterocycles. The monoisotopic (exact) mass is 335 g/mol. The average molecular weight is 335 g/mol. The van der Waals surface area contributed by atoms with Crippen molar-refractivity contribution < 1.29 is 27.6 Å². The van der Waals surface area contributed by atoms with Gasteiger partial charge in [-0.3, -0.25) is 4.79 Å². The van der Waals surface area contributed by atoms with E-state index >= 15 is 0 Å². The summed E-state index contributed by atoms with van der Waals surface area (Å²) in [6.07, 6.45) is -6.27. The second-order valence-electron chi connectivity index (χ2n) is 4.70. The molecule has 0 saturated carbocycles. The Labute approximate surface area is 127 Å². The molecule has 2 aromatic heterocycles. The van der Waals surface area contributed by atoms with Gasteiger partial charge in [0, 0.05) is 17.1 Å². The van der Waals surface area contributed by atoms with E-state index < -0.39 is 29.1 Å². The van der Waals surface area contributed by atoms with Crippen LogP contribution in [-0.2, 0) is 10.4 Å². The van der Waals surface area contributed by atoms with E-state index in [-0.39, 0.29) is 5.82 Å². The number of alkyl halides is 3. The van der Waals surface area contributed by atoms with Gasteiger partial charge in [0.1, 0.15) is 10.8 Å². The zero-order valence-electron chi connectivity index (χ0n) is 11.6. The lowest BCUT2D eigenvalue weighted by molar-refractivity contribution is -0.266. The van der Waals surface area contributed by atoms with Crippen LogP contribution in [0.1, 0.15) is 22.9 Å². The number of thiazole rings is 1. The highest BCUT2D eigenvalue weighted by molar-refractivity contribution is 7.09. The number of hydrogen-bond acceptors (Lipinski definition) is 6. The fourth-order valence-electron chi connectivity index (χ4n) is 1.69. The first kappa shape index (κ1) is 16.4. The third kappa shape index (κ3) is 3.28. The molecule has 2 rings (SSSR count). The van der Waals surface area contributed by atoms with Gasteiger partial charge in [0.25, 0.3) is 0 Å². The number of carbonyl (C=O) groups is 1. The molecule has 0 aliphatic carbocycles. The van der Waals surface area contributed by atoms with Crippen LogP contribution in [0.2, 0.25) is 0 Å². The number of hydrogen-bond donors (Lipinski definition) is 2. The van der Waals surface area contributed by atoms with E-state index in [1.165, 1.54) is 18.4 Å². The highest BCUT2D eigenvalue weighted by Crippen LogP contribution is 2.42. The SMILES string of the molecule is Cc1csc(C(O)(CC(=O)Nc2cc(C)on2)C(F)(F)F)n1. The van der Waals surface area contributed by atoms with Crippen LogP contribution in [0.3, 0.4) is 0 Å². The van der Waals surface area contributed by atoms with Gasteiger partial charge in [-0.25, -0.2) is 4.98 Å². The van der Waals surface area contributed by atoms with Gasteiger partial charge in [-0.1, -0.05) is 5.16 Å². The summed E-state index contributed by atoms with van der Waals surface area (Å²) in [5.74, 6) is -0.694. The smallest absolute Gasteiger partial charge is 0.374 e. The Bertz CT molecular complexity index is 682. The van der Waals surface area contributed by atoms with Gasteiger partial charge in [0.05, 0.1) is 6.42 Å². The maximum Gasteiger partial charge on any atom is 0.424 e. The van der Waals surface area contributed by atoms with Gasteiger partial charge >= 0.3 is 6.18 Å². The lowest BCUT2D eigenvalue weighted by Gasteiger charge is -2.27. The minimum absolute atomic E-state index is 0.0256. The highest BCUT2D eigenvalue weighted by Gasteiger charge is 2.58. The number of aryl methyl sites for hydroxylation is 2. The Hall–Kier alpha value is -1.94. The molecule has 1 atom stereocenters. The van der Waals surface area contributed by atoms with E-state index in [0.29, 0.717) is 22.8 Å². The summed E-state index contributed by atoms with van der Waals surface area (Å²) in [4.78, 5) is 15.4. The Kier molecular flexibility index (Phi) is 4.25. The Balaban J connectivity index is 2.22. The topological polar surface area (TPSA) is 88.2 Å². The van der Waals surface area contributed by atoms with Crippen molar-refractivity contribution in [2.24, 2.45) is 0 Å². The molecular weight excluding hydrogens is 323 g/mol. The molecule has 2 N–H and O–H groups in total. The third-order valence-electron chi connectivity index (χ3n) is 2.75. The van der Waals surface area contributed by atoms with Crippen LogP contribution in [0.5, 0.6) is 0 Å². The normalized spacial score (nSPS) is 14.6. The number of anilines is 1. The molecule has 2 aromatic rings. The Morgan fingerprint density at radius 2 is 2.14 bits per heavy atom. The molecule has 0 aliphatic rings. The molecule has 0 aromatic carbocycles. The summed E-state index contributed by atoms with van der Waals surface area (Å²) in [5.41, 5.74) is -3.02. The number of rotatable bonds is 4. The maximum atomic E-state index is 13.2. The molecule has 22 heavy (non-hydrogen) atoms. The number of halogens is 3. The molecule has 1 unspecified atom stereocenters. The van der Waals surface area contributed by atoms with Gasteiger partial charge in [-0.05, 0) is 13.8 Å². The van der Waals surface area contributed by atoms with Crippen molar-refractivity contribution in [2.45, 2.75) is 32.0 Å². The van der Waals surface area contributed by atoms with Crippen LogP contribution < -0.4 is 5.32 Å². The first-order valence-electron chi connectivity index (χ1n) is 6.07. The van der Waals surface area contributed by atoms with Crippen LogP contribution in [0.25, 0.3) is 0 Å². The van der Waals surface area contributed by atoms with Crippen molar-refractivity contribution in [1.82, 2.24) is 10.1 Å². The zero-order chi connectivity index (χ0) is 16.5. The first-order chi connectivity index (χ1) is 10.1. The lowest BCUT2D eigenvalue weighted by atomic mass is 9.99. The molecule has 0 spiro atoms. The van der Waals surface area contributed by atoms with Crippen molar-refractivity contribution in [3.05, 3.63) is 27.9 Å². The van der Waals surface area contributed by atoms with Gasteiger partial charge in [-0.2, -0.15) is 13.2 Å². The summed E-state index contributed by atoms with van der Waals surface area (Å²) in [6, 6.07) is 1.35. The van der Waals surface area contributed by atoms with Crippen LogP contribution in [0.15, 0.2) is 16.0 Å². The molecule has 0 aliphatic heterocycles. The standard InChI is InChI=1S/C12H12F3N3O3S/c1-6-5-22-10(16-6)11(20,12(13,14)15)4-9(19)17-8-3-7(2)21-18-8/h3,5,20H,4H2,1-2H3,(H,17,18,19). The summed E-state index contributed by atoms with van der Waals surface area (Å²) >= 11 is 0.641. The molecule has 0 radical (unpaired) electrons. The third-order valence-corrected chi connectivity index (χ3v) is 3.86. The lowest BCUT2D eigenvalue weighted by Crippen LogP contribution is -2.45. The van der Waals surface area contributed by atoms with Crippen LogP contribution in [0.4, 0.5) is 19.0 Å². The summed E-state index contributed by atoms with van der Waals surface area (Å²) < 4.78 is 44.3. The van der Waals surface area contributed by atoms with Gasteiger partial charge in [0.2, 0.25) is 11.5 Å². The van der Waals surface area contributed by atoms with Crippen molar-refractivity contribution in [3.63, 3.8) is 0 Å². The summed E-state index contributed by atoms with van der Waals surface area (Å²) in [7, 11) is 0. The molecule has 0 fully saturated rings. The molecule has 1 amide bonds. The number of carbonyl (C=O) groups excluding carboxylic acids is 1. The summed E-state index contributed by atoms with van der Waals surface area (Å²) in [6.45, 7) is 3.06. The van der Waals surface area contributed by atoms with Crippen LogP contribution >= 0.6 is 11.3 Å². The van der Waals surface area contributed by atoms with Gasteiger partial charge in [0.15, 0.2) is 5.82 Å². The van der Waals surface area contributed by atoms with Crippen molar-refractivity contribution in [3.8, 4) is 0 Å². The molecule has 6 nitrogen and oxygen atoms in total. The van der Waals surface area contributed by atoms with E-state index in [0.717, 1.165) is 0 Å². The van der Waals surface area contributed by atoms with E-state index in [1.807, 2.05) is 0 Å². The van der Waals surface area contributed by atoms with E-state index in [9.17, 15) is 23.1 Å². The highest BCUT2D eigenvalue weighted by atomic mass is 32.1. The van der Waals surface area contributed by atoms with E-state index in [4.69, 9.17) is 4.52 Å². The molecular formula is C12H12F3N3O3S. The minimum Gasteiger partial charge on any atom is -0.374 e. The summed E-state index contributed by atoms with van der Waals surface area (Å²) in [5, 5.41) is 16.4. The second kappa shape index (κ2) is 5.69. The second-order valence-corrected chi connectivity index (χ2v) is 5.56. The molecule has 0 bridgehead atoms. The number of aliphatic hydroxyl groups is 1. The van der Waals surface area contributed by atoms with Crippen LogP contribution in [0, 0.1) is 13.8 Å². The minimum atomic E-state index is -5.05. The maximum absolute atomic E-state index is 13.2. The largest absolute Gasteiger partial charge is 0.424 e. The Morgan fingerprint density at radius 1 is 1.45 bits per heavy atom. The predicted octanol–water partition coefficient (Wildman–Crippen LogP) is 2.53. The van der Waals surface area contributed by atoms with Crippen molar-refractivity contribution in [1.29, 1.82) is 0 Å². The Morgan fingerprint density at radius 3 is 2.59 bits per heavy atom. The van der Waals surface area contributed by atoms with Crippen molar-refractivity contribution >= 4 is 23.1 Å². The van der Waals surface area contributed by atoms with Gasteiger partial charge in [-0.15, -0.1) is 11.3 Å². The molecule has 120 valence electrons. The molecule has 10 heteroatoms. The van der Waals surface area contributed by atoms with Crippen molar-refractivity contribution in [2.75, 3.05) is 5.32 Å². The average Bonchev–Trinajstić information content (AvgIpc) is 2.97.